The topological polar surface area (TPSA) is 21.3 Å². The standard InChI is InChI=1S/C12H25NO/c1-12(2,3)6-9-14-10-11-4-7-13-8-5-11/h11,13H,4-10H2,1-3H3. The Morgan fingerprint density at radius 2 is 1.86 bits per heavy atom. The van der Waals surface area contributed by atoms with Crippen molar-refractivity contribution in [1.29, 1.82) is 0 Å². The van der Waals surface area contributed by atoms with E-state index in [1.165, 1.54) is 25.9 Å². The number of ether oxygens (including phenoxy) is 1. The van der Waals surface area contributed by atoms with E-state index in [1.807, 2.05) is 0 Å². The fraction of sp³-hybridized carbons (Fsp3) is 1.00. The maximum absolute atomic E-state index is 5.72. The van der Waals surface area contributed by atoms with Gasteiger partial charge in [0.05, 0.1) is 0 Å². The third kappa shape index (κ3) is 5.61. The molecule has 0 unspecified atom stereocenters. The highest BCUT2D eigenvalue weighted by molar-refractivity contribution is 4.68. The first kappa shape index (κ1) is 12.0. The van der Waals surface area contributed by atoms with Crippen LogP contribution in [0.2, 0.25) is 0 Å². The van der Waals surface area contributed by atoms with Crippen LogP contribution in [0.15, 0.2) is 0 Å². The molecular weight excluding hydrogens is 174 g/mol. The van der Waals surface area contributed by atoms with E-state index >= 15 is 0 Å². The second-order valence-electron chi connectivity index (χ2n) is 5.58. The minimum absolute atomic E-state index is 0.411. The van der Waals surface area contributed by atoms with Crippen molar-refractivity contribution in [2.45, 2.75) is 40.0 Å². The van der Waals surface area contributed by atoms with E-state index in [9.17, 15) is 0 Å². The number of piperidine rings is 1. The van der Waals surface area contributed by atoms with Gasteiger partial charge in [0.2, 0.25) is 0 Å². The van der Waals surface area contributed by atoms with E-state index < -0.39 is 0 Å². The molecule has 1 heterocycles. The quantitative estimate of drug-likeness (QED) is 0.702. The first-order chi connectivity index (χ1) is 6.58. The van der Waals surface area contributed by atoms with Crippen molar-refractivity contribution < 1.29 is 4.74 Å². The van der Waals surface area contributed by atoms with Gasteiger partial charge in [-0.3, -0.25) is 0 Å². The minimum atomic E-state index is 0.411. The molecule has 14 heavy (non-hydrogen) atoms. The summed E-state index contributed by atoms with van der Waals surface area (Å²) in [5, 5.41) is 3.37. The van der Waals surface area contributed by atoms with E-state index in [1.54, 1.807) is 0 Å². The fourth-order valence-corrected chi connectivity index (χ4v) is 1.68. The highest BCUT2D eigenvalue weighted by Gasteiger charge is 2.14. The summed E-state index contributed by atoms with van der Waals surface area (Å²) in [6.45, 7) is 11.0. The maximum atomic E-state index is 5.72. The average Bonchev–Trinajstić information content (AvgIpc) is 2.13. The van der Waals surface area contributed by atoms with Gasteiger partial charge in [0.25, 0.3) is 0 Å². The van der Waals surface area contributed by atoms with Crippen molar-refractivity contribution in [3.8, 4) is 0 Å². The number of rotatable bonds is 4. The smallest absolute Gasteiger partial charge is 0.0495 e. The number of hydrogen-bond acceptors (Lipinski definition) is 2. The number of nitrogens with one attached hydrogen (secondary N) is 1. The third-order valence-corrected chi connectivity index (χ3v) is 2.81. The van der Waals surface area contributed by atoms with Crippen LogP contribution in [0.1, 0.15) is 40.0 Å². The van der Waals surface area contributed by atoms with Gasteiger partial charge < -0.3 is 10.1 Å². The summed E-state index contributed by atoms with van der Waals surface area (Å²) in [4.78, 5) is 0. The lowest BCUT2D eigenvalue weighted by Crippen LogP contribution is -2.30. The molecule has 0 saturated carbocycles. The largest absolute Gasteiger partial charge is 0.381 e. The molecule has 2 nitrogen and oxygen atoms in total. The Morgan fingerprint density at radius 3 is 2.43 bits per heavy atom. The van der Waals surface area contributed by atoms with Crippen LogP contribution in [-0.2, 0) is 4.74 Å². The van der Waals surface area contributed by atoms with Gasteiger partial charge in [0, 0.05) is 13.2 Å². The van der Waals surface area contributed by atoms with Gasteiger partial charge in [0.1, 0.15) is 0 Å². The van der Waals surface area contributed by atoms with Crippen LogP contribution in [0.5, 0.6) is 0 Å². The summed E-state index contributed by atoms with van der Waals surface area (Å²) in [6, 6.07) is 0. The first-order valence-electron chi connectivity index (χ1n) is 5.86. The molecule has 1 fully saturated rings. The van der Waals surface area contributed by atoms with Crippen molar-refractivity contribution in [1.82, 2.24) is 5.32 Å². The van der Waals surface area contributed by atoms with E-state index in [0.29, 0.717) is 5.41 Å². The normalized spacial score (nSPS) is 19.9. The summed E-state index contributed by atoms with van der Waals surface area (Å²) in [7, 11) is 0. The van der Waals surface area contributed by atoms with Crippen LogP contribution in [0.3, 0.4) is 0 Å². The summed E-state index contributed by atoms with van der Waals surface area (Å²) < 4.78 is 5.72. The van der Waals surface area contributed by atoms with Gasteiger partial charge in [-0.05, 0) is 43.7 Å². The Balaban J connectivity index is 1.97. The second-order valence-corrected chi connectivity index (χ2v) is 5.58. The molecule has 0 aromatic rings. The van der Waals surface area contributed by atoms with Crippen molar-refractivity contribution >= 4 is 0 Å². The molecule has 2 heteroatoms. The predicted molar refractivity (Wildman–Crippen MR) is 60.5 cm³/mol. The molecule has 1 saturated heterocycles. The second kappa shape index (κ2) is 5.72. The van der Waals surface area contributed by atoms with E-state index in [2.05, 4.69) is 26.1 Å². The van der Waals surface area contributed by atoms with Gasteiger partial charge >= 0.3 is 0 Å². The Morgan fingerprint density at radius 1 is 1.21 bits per heavy atom. The van der Waals surface area contributed by atoms with Crippen LogP contribution >= 0.6 is 0 Å². The Kier molecular flexibility index (Phi) is 4.90. The van der Waals surface area contributed by atoms with E-state index in [4.69, 9.17) is 4.74 Å². The van der Waals surface area contributed by atoms with Gasteiger partial charge in [-0.2, -0.15) is 0 Å². The molecule has 1 aliphatic heterocycles. The monoisotopic (exact) mass is 199 g/mol. The van der Waals surface area contributed by atoms with Crippen LogP contribution in [0.4, 0.5) is 0 Å². The van der Waals surface area contributed by atoms with Gasteiger partial charge in [-0.15, -0.1) is 0 Å². The highest BCUT2D eigenvalue weighted by Crippen LogP contribution is 2.19. The zero-order valence-electron chi connectivity index (χ0n) is 9.94. The Labute approximate surface area is 88.4 Å². The zero-order chi connectivity index (χ0) is 10.4. The molecule has 0 aliphatic carbocycles. The van der Waals surface area contributed by atoms with Crippen molar-refractivity contribution in [3.63, 3.8) is 0 Å². The molecule has 0 atom stereocenters. The van der Waals surface area contributed by atoms with Crippen molar-refractivity contribution in [3.05, 3.63) is 0 Å². The molecule has 0 aromatic heterocycles. The predicted octanol–water partition coefficient (Wildman–Crippen LogP) is 2.44. The maximum Gasteiger partial charge on any atom is 0.0495 e. The van der Waals surface area contributed by atoms with Crippen molar-refractivity contribution in [2.75, 3.05) is 26.3 Å². The lowest BCUT2D eigenvalue weighted by atomic mass is 9.93. The van der Waals surface area contributed by atoms with Crippen molar-refractivity contribution in [2.24, 2.45) is 11.3 Å². The summed E-state index contributed by atoms with van der Waals surface area (Å²) >= 11 is 0. The fourth-order valence-electron chi connectivity index (χ4n) is 1.68. The summed E-state index contributed by atoms with van der Waals surface area (Å²) in [5.41, 5.74) is 0.411. The number of hydrogen-bond donors (Lipinski definition) is 1. The highest BCUT2D eigenvalue weighted by atomic mass is 16.5. The van der Waals surface area contributed by atoms with Gasteiger partial charge in [-0.25, -0.2) is 0 Å². The third-order valence-electron chi connectivity index (χ3n) is 2.81. The zero-order valence-corrected chi connectivity index (χ0v) is 9.94. The van der Waals surface area contributed by atoms with E-state index in [0.717, 1.165) is 25.6 Å². The van der Waals surface area contributed by atoms with Crippen LogP contribution in [0.25, 0.3) is 0 Å². The molecule has 0 radical (unpaired) electrons. The molecule has 84 valence electrons. The Bertz CT molecular complexity index is 145. The molecule has 1 N–H and O–H groups in total. The average molecular weight is 199 g/mol. The summed E-state index contributed by atoms with van der Waals surface area (Å²) in [5.74, 6) is 0.802. The lowest BCUT2D eigenvalue weighted by Gasteiger charge is -2.23. The first-order valence-corrected chi connectivity index (χ1v) is 5.86. The molecule has 1 aliphatic rings. The molecule has 0 amide bonds. The lowest BCUT2D eigenvalue weighted by molar-refractivity contribution is 0.0705. The Hall–Kier alpha value is -0.0800. The van der Waals surface area contributed by atoms with Crippen LogP contribution in [-0.4, -0.2) is 26.3 Å². The van der Waals surface area contributed by atoms with Crippen LogP contribution < -0.4 is 5.32 Å². The molecule has 1 rings (SSSR count). The van der Waals surface area contributed by atoms with Gasteiger partial charge in [0.15, 0.2) is 0 Å². The van der Waals surface area contributed by atoms with Gasteiger partial charge in [-0.1, -0.05) is 20.8 Å². The van der Waals surface area contributed by atoms with Crippen LogP contribution in [0, 0.1) is 11.3 Å². The minimum Gasteiger partial charge on any atom is -0.381 e. The SMILES string of the molecule is CC(C)(C)CCOCC1CCNCC1. The van der Waals surface area contributed by atoms with E-state index in [-0.39, 0.29) is 0 Å². The summed E-state index contributed by atoms with van der Waals surface area (Å²) in [6.07, 6.45) is 3.74. The molecule has 0 bridgehead atoms. The molecule has 0 aromatic carbocycles. The molecule has 0 spiro atoms. The molecular formula is C12H25NO.